The van der Waals surface area contributed by atoms with Gasteiger partial charge in [-0.05, 0) is 47.5 Å². The normalized spacial score (nSPS) is 13.7. The number of aliphatic hydroxyl groups excluding tert-OH is 1. The maximum absolute atomic E-state index is 10.6. The summed E-state index contributed by atoms with van der Waals surface area (Å²) in [5, 5.41) is 12.9. The van der Waals surface area contributed by atoms with E-state index in [1.54, 1.807) is 6.42 Å². The molecule has 0 heterocycles. The van der Waals surface area contributed by atoms with Gasteiger partial charge in [-0.2, -0.15) is 0 Å². The summed E-state index contributed by atoms with van der Waals surface area (Å²) in [4.78, 5) is 10.6. The van der Waals surface area contributed by atoms with Gasteiger partial charge in [0.25, 0.3) is 14.8 Å². The Labute approximate surface area is 239 Å². The van der Waals surface area contributed by atoms with Crippen LogP contribution in [0.5, 0.6) is 0 Å². The summed E-state index contributed by atoms with van der Waals surface area (Å²) in [5.74, 6) is 0. The average Bonchev–Trinajstić information content (AvgIpc) is 2.93. The molecule has 0 aliphatic carbocycles. The maximum Gasteiger partial charge on any atom is 0.293 e. The summed E-state index contributed by atoms with van der Waals surface area (Å²) in [7, 11) is -2.44. The van der Waals surface area contributed by atoms with Gasteiger partial charge in [-0.3, -0.25) is 4.79 Å². The quantitative estimate of drug-likeness (QED) is 0.103. The molecule has 0 unspecified atom stereocenters. The lowest BCUT2D eigenvalue weighted by molar-refractivity contribution is -0.132. The molecule has 2 aromatic rings. The van der Waals surface area contributed by atoms with E-state index in [4.69, 9.17) is 9.16 Å². The Kier molecular flexibility index (Phi) is 15.7. The van der Waals surface area contributed by atoms with Crippen LogP contribution in [0.3, 0.4) is 0 Å². The monoisotopic (exact) mass is 551 g/mol. The summed E-state index contributed by atoms with van der Waals surface area (Å²) >= 11 is 0. The molecule has 5 heteroatoms. The molecule has 4 nitrogen and oxygen atoms in total. The Hall–Kier alpha value is -1.95. The number of unbranched alkanes of at least 4 members (excludes halogenated alkanes) is 6. The topological polar surface area (TPSA) is 55.8 Å². The van der Waals surface area contributed by atoms with Crippen molar-refractivity contribution in [2.45, 2.75) is 109 Å². The third-order valence-electron chi connectivity index (χ3n) is 7.36. The molecule has 0 spiro atoms. The largest absolute Gasteiger partial charge is 0.464 e. The molecule has 0 aromatic heterocycles. The molecule has 0 saturated heterocycles. The summed E-state index contributed by atoms with van der Waals surface area (Å²) in [6.07, 6.45) is 15.2. The molecule has 1 N–H and O–H groups in total. The van der Waals surface area contributed by atoms with E-state index in [0.29, 0.717) is 6.47 Å². The van der Waals surface area contributed by atoms with Crippen LogP contribution in [0.4, 0.5) is 0 Å². The molecule has 215 valence electrons. The molecule has 2 aromatic carbocycles. The fourth-order valence-electron chi connectivity index (χ4n) is 5.25. The minimum absolute atomic E-state index is 0.0146. The highest BCUT2D eigenvalue weighted by Gasteiger charge is 2.49. The summed E-state index contributed by atoms with van der Waals surface area (Å²) in [6.45, 7) is 10.4. The van der Waals surface area contributed by atoms with Crippen LogP contribution < -0.4 is 10.4 Å². The number of carbonyl (C=O) groups is 1. The zero-order valence-electron chi connectivity index (χ0n) is 24.7. The van der Waals surface area contributed by atoms with Crippen LogP contribution in [0.25, 0.3) is 0 Å². The van der Waals surface area contributed by atoms with E-state index in [-0.39, 0.29) is 11.1 Å². The third-order valence-corrected chi connectivity index (χ3v) is 12.4. The maximum atomic E-state index is 10.6. The molecule has 39 heavy (non-hydrogen) atoms. The number of hydrogen-bond donors (Lipinski definition) is 1. The number of hydrogen-bond acceptors (Lipinski definition) is 4. The van der Waals surface area contributed by atoms with Crippen LogP contribution in [0, 0.1) is 19.3 Å². The highest BCUT2D eigenvalue weighted by atomic mass is 28.4. The second kappa shape index (κ2) is 18.4. The van der Waals surface area contributed by atoms with Crippen molar-refractivity contribution in [2.75, 3.05) is 6.61 Å². The van der Waals surface area contributed by atoms with Crippen molar-refractivity contribution in [3.8, 4) is 0 Å². The molecule has 3 radical (unpaired) electrons. The van der Waals surface area contributed by atoms with Crippen LogP contribution >= 0.6 is 0 Å². The number of benzene rings is 2. The minimum atomic E-state index is -2.44. The molecule has 0 fully saturated rings. The van der Waals surface area contributed by atoms with Gasteiger partial charge in [0.05, 0.1) is 6.10 Å². The van der Waals surface area contributed by atoms with Crippen LogP contribution in [-0.4, -0.2) is 38.7 Å². The fourth-order valence-corrected chi connectivity index (χ4v) is 9.85. The standard InChI is InChI=1S/C34H51O4Si/c1-5-6-22-31(37-29-35)23-19-21-30(36)20-13-9-7-8-10-18-28-38-39(34(2,3)4,32-24-14-11-15-25-32)33-26-16-12-17-27-33/h11-12,14-17,19,21,23-27,29-31,36H,5-10,13,18,20,22,28H2,1-4H3/t30-,31+/m0/s1. The zero-order chi connectivity index (χ0) is 28.4. The van der Waals surface area contributed by atoms with E-state index < -0.39 is 14.4 Å². The number of carbonyl (C=O) groups excluding carboxylic acids is 1. The van der Waals surface area contributed by atoms with E-state index in [9.17, 15) is 9.90 Å². The van der Waals surface area contributed by atoms with Gasteiger partial charge in [-0.25, -0.2) is 0 Å². The second-order valence-corrected chi connectivity index (χ2v) is 15.8. The lowest BCUT2D eigenvalue weighted by Gasteiger charge is -2.43. The molecule has 0 amide bonds. The molecular weight excluding hydrogens is 500 g/mol. The summed E-state index contributed by atoms with van der Waals surface area (Å²) in [5.41, 5.74) is 0. The molecule has 0 bridgehead atoms. The van der Waals surface area contributed by atoms with Gasteiger partial charge in [-0.15, -0.1) is 0 Å². The Bertz CT molecular complexity index is 842. The van der Waals surface area contributed by atoms with Crippen LogP contribution in [0.15, 0.2) is 60.7 Å². The lowest BCUT2D eigenvalue weighted by atomic mass is 10.0. The Balaban J connectivity index is 1.70. The number of ether oxygens (including phenoxy) is 1. The van der Waals surface area contributed by atoms with E-state index >= 15 is 0 Å². The van der Waals surface area contributed by atoms with Gasteiger partial charge < -0.3 is 14.3 Å². The first-order valence-electron chi connectivity index (χ1n) is 14.9. The van der Waals surface area contributed by atoms with E-state index in [2.05, 4.69) is 88.4 Å². The summed E-state index contributed by atoms with van der Waals surface area (Å²) < 4.78 is 12.1. The molecular formula is C34H51O4Si. The van der Waals surface area contributed by atoms with Crippen molar-refractivity contribution >= 4 is 25.2 Å². The van der Waals surface area contributed by atoms with Gasteiger partial charge in [-0.1, -0.05) is 133 Å². The van der Waals surface area contributed by atoms with Crippen LogP contribution in [0.1, 0.15) is 91.9 Å². The average molecular weight is 552 g/mol. The third kappa shape index (κ3) is 11.2. The van der Waals surface area contributed by atoms with Crippen molar-refractivity contribution in [1.82, 2.24) is 0 Å². The minimum Gasteiger partial charge on any atom is -0.464 e. The smallest absolute Gasteiger partial charge is 0.293 e. The highest BCUT2D eigenvalue weighted by molar-refractivity contribution is 6.99. The predicted molar refractivity (Wildman–Crippen MR) is 165 cm³/mol. The molecule has 2 rings (SSSR count). The SMILES string of the molecule is CCCC[C@H]([CH][CH][CH][C@@H](O)CCCCCCCCO[Si](c1ccccc1)(c1ccccc1)C(C)(C)C)OC=O. The van der Waals surface area contributed by atoms with E-state index in [1.165, 1.54) is 23.2 Å². The van der Waals surface area contributed by atoms with E-state index in [1.807, 2.05) is 12.8 Å². The first kappa shape index (κ1) is 33.3. The van der Waals surface area contributed by atoms with Crippen molar-refractivity contribution in [3.63, 3.8) is 0 Å². The van der Waals surface area contributed by atoms with Gasteiger partial charge in [0.1, 0.15) is 6.10 Å². The van der Waals surface area contributed by atoms with Crippen molar-refractivity contribution in [2.24, 2.45) is 0 Å². The number of aliphatic hydroxyl groups is 1. The fraction of sp³-hybridized carbons (Fsp3) is 0.529. The lowest BCUT2D eigenvalue weighted by Crippen LogP contribution is -2.66. The van der Waals surface area contributed by atoms with Crippen molar-refractivity contribution < 1.29 is 19.1 Å². The molecule has 0 aliphatic rings. The molecule has 0 saturated carbocycles. The Morgan fingerprint density at radius 2 is 1.36 bits per heavy atom. The van der Waals surface area contributed by atoms with Crippen LogP contribution in [0.2, 0.25) is 5.04 Å². The van der Waals surface area contributed by atoms with E-state index in [0.717, 1.165) is 58.0 Å². The Morgan fingerprint density at radius 3 is 1.90 bits per heavy atom. The van der Waals surface area contributed by atoms with Crippen molar-refractivity contribution in [3.05, 3.63) is 79.9 Å². The Morgan fingerprint density at radius 1 is 0.795 bits per heavy atom. The molecule has 0 aliphatic heterocycles. The highest BCUT2D eigenvalue weighted by Crippen LogP contribution is 2.36. The zero-order valence-corrected chi connectivity index (χ0v) is 25.7. The van der Waals surface area contributed by atoms with Crippen molar-refractivity contribution in [1.29, 1.82) is 0 Å². The second-order valence-electron chi connectivity index (χ2n) is 11.5. The van der Waals surface area contributed by atoms with Gasteiger partial charge in [0.2, 0.25) is 0 Å². The first-order valence-corrected chi connectivity index (χ1v) is 16.8. The predicted octanol–water partition coefficient (Wildman–Crippen LogP) is 7.00. The van der Waals surface area contributed by atoms with Crippen LogP contribution in [-0.2, 0) is 14.0 Å². The van der Waals surface area contributed by atoms with Gasteiger partial charge >= 0.3 is 0 Å². The number of rotatable bonds is 21. The first-order chi connectivity index (χ1) is 18.8. The van der Waals surface area contributed by atoms with Gasteiger partial charge in [0.15, 0.2) is 0 Å². The van der Waals surface area contributed by atoms with Gasteiger partial charge in [0, 0.05) is 13.0 Å². The molecule has 2 atom stereocenters. The summed E-state index contributed by atoms with van der Waals surface area (Å²) in [6, 6.07) is 21.7.